The third-order valence-electron chi connectivity index (χ3n) is 5.93. The van der Waals surface area contributed by atoms with Gasteiger partial charge in [0.05, 0.1) is 26.3 Å². The van der Waals surface area contributed by atoms with E-state index in [-0.39, 0.29) is 70.1 Å². The van der Waals surface area contributed by atoms with Crippen LogP contribution < -0.4 is 24.1 Å². The molecule has 1 unspecified atom stereocenters. The Labute approximate surface area is 259 Å². The maximum absolute atomic E-state index is 13.5. The van der Waals surface area contributed by atoms with E-state index in [9.17, 15) is 58.8 Å². The van der Waals surface area contributed by atoms with E-state index in [0.29, 0.717) is 12.8 Å². The number of carbonyl (C=O) groups excluding carboxylic acids is 2. The van der Waals surface area contributed by atoms with Crippen molar-refractivity contribution in [3.05, 3.63) is 0 Å². The van der Waals surface area contributed by atoms with Gasteiger partial charge in [0, 0.05) is 18.5 Å². The normalized spacial score (nSPS) is 13.4. The Balaban J connectivity index is 0. The van der Waals surface area contributed by atoms with Crippen molar-refractivity contribution in [2.45, 2.75) is 119 Å². The van der Waals surface area contributed by atoms with E-state index in [2.05, 4.69) is 9.37 Å². The average Bonchev–Trinajstić information content (AvgIpc) is 2.90. The number of carbonyl (C=O) groups is 2. The molecule has 7 nitrogen and oxygen atoms in total. The van der Waals surface area contributed by atoms with Gasteiger partial charge in [0.25, 0.3) is 0 Å². The monoisotopic (exact) mass is 664 g/mol. The predicted octanol–water partition coefficient (Wildman–Crippen LogP) is 4.22. The molecule has 0 aliphatic heterocycles. The molecule has 0 aromatic carbocycles. The minimum Gasteiger partial charge on any atom is -0.691 e. The molecule has 0 N–H and O–H groups in total. The number of esters is 2. The maximum atomic E-state index is 13.5. The maximum Gasteiger partial charge on any atom is 1.00 e. The van der Waals surface area contributed by atoms with Gasteiger partial charge in [0.1, 0.15) is 5.25 Å². The van der Waals surface area contributed by atoms with Gasteiger partial charge in [0.2, 0.25) is 0 Å². The van der Waals surface area contributed by atoms with Crippen LogP contribution in [0.4, 0.5) is 43.9 Å². The molecule has 43 heavy (non-hydrogen) atoms. The molecule has 1 atom stereocenters. The Morgan fingerprint density at radius 3 is 1.63 bits per heavy atom. The Hall–Kier alpha value is -0.933. The fraction of sp³-hybridized carbons (Fsp3) is 0.917. The number of hydrogen-bond acceptors (Lipinski definition) is 8. The fourth-order valence-corrected chi connectivity index (χ4v) is 3.98. The first-order valence-electron chi connectivity index (χ1n) is 13.3. The zero-order valence-corrected chi connectivity index (χ0v) is 24.5. The Morgan fingerprint density at radius 2 is 1.14 bits per heavy atom. The molecule has 0 radical (unpaired) electrons. The van der Waals surface area contributed by atoms with Crippen LogP contribution in [0.2, 0.25) is 0 Å². The number of halogens is 10. The summed E-state index contributed by atoms with van der Waals surface area (Å²) in [7, 11) is 0. The molecule has 0 saturated carbocycles. The van der Waals surface area contributed by atoms with Gasteiger partial charge in [0.15, 0.2) is 0 Å². The van der Waals surface area contributed by atoms with Gasteiger partial charge < -0.3 is 14.7 Å². The second-order valence-electron chi connectivity index (χ2n) is 9.35. The van der Waals surface area contributed by atoms with Crippen LogP contribution in [0.3, 0.4) is 0 Å². The number of alkyl halides is 10. The van der Waals surface area contributed by atoms with Crippen LogP contribution in [-0.2, 0) is 28.4 Å². The van der Waals surface area contributed by atoms with E-state index in [0.717, 1.165) is 38.5 Å². The number of unbranched alkanes of at least 4 members (excludes halogenated alkanes) is 10. The molecule has 0 bridgehead atoms. The third-order valence-corrected chi connectivity index (χ3v) is 6.65. The summed E-state index contributed by atoms with van der Waals surface area (Å²) in [5, 5.41) is 11.9. The van der Waals surface area contributed by atoms with Crippen molar-refractivity contribution in [3.8, 4) is 0 Å². The first-order chi connectivity index (χ1) is 19.5. The molecule has 0 aliphatic carbocycles. The van der Waals surface area contributed by atoms with Gasteiger partial charge in [-0.1, -0.05) is 51.4 Å². The van der Waals surface area contributed by atoms with E-state index < -0.39 is 60.4 Å². The average molecular weight is 665 g/mol. The minimum atomic E-state index is -6.93. The van der Waals surface area contributed by atoms with E-state index >= 15 is 0 Å². The second-order valence-corrected chi connectivity index (χ2v) is 10.2. The smallest absolute Gasteiger partial charge is 0.691 e. The molecular formula is C24H35F10LiO7S. The van der Waals surface area contributed by atoms with Crippen LogP contribution >= 0.6 is 12.0 Å². The van der Waals surface area contributed by atoms with Crippen LogP contribution in [0.25, 0.3) is 0 Å². The molecular weight excluding hydrogens is 629 g/mol. The fourth-order valence-electron chi connectivity index (χ4n) is 3.51. The van der Waals surface area contributed by atoms with Gasteiger partial charge in [-0.05, 0) is 25.7 Å². The van der Waals surface area contributed by atoms with E-state index in [1.165, 1.54) is 0 Å². The van der Waals surface area contributed by atoms with Gasteiger partial charge >= 0.3 is 54.7 Å². The van der Waals surface area contributed by atoms with Crippen molar-refractivity contribution in [1.82, 2.24) is 0 Å². The molecule has 0 heterocycles. The third kappa shape index (κ3) is 16.8. The van der Waals surface area contributed by atoms with Crippen molar-refractivity contribution < 1.29 is 96.5 Å². The van der Waals surface area contributed by atoms with Crippen molar-refractivity contribution in [1.29, 1.82) is 0 Å². The summed E-state index contributed by atoms with van der Waals surface area (Å²) in [5.74, 6) is -21.1. The first-order valence-corrected chi connectivity index (χ1v) is 14.1. The molecule has 0 aromatic heterocycles. The van der Waals surface area contributed by atoms with Gasteiger partial charge in [-0.25, -0.2) is 0 Å². The SMILES string of the molecule is O=C(CC(SOO[O-])C(=O)OCCCCCCCCCCF)OCCCCCCC(F)(F)C(F)(F)C(F)(F)C(F)(F)F.[Li+]. The molecule has 0 amide bonds. The zero-order valence-electron chi connectivity index (χ0n) is 23.6. The predicted molar refractivity (Wildman–Crippen MR) is 127 cm³/mol. The Bertz CT molecular complexity index is 764. The largest absolute Gasteiger partial charge is 1.00 e. The van der Waals surface area contributed by atoms with Gasteiger partial charge in [-0.2, -0.15) is 43.8 Å². The van der Waals surface area contributed by atoms with Gasteiger partial charge in [-0.15, -0.1) is 0 Å². The van der Waals surface area contributed by atoms with E-state index in [1.807, 2.05) is 0 Å². The zero-order chi connectivity index (χ0) is 32.3. The van der Waals surface area contributed by atoms with Gasteiger partial charge in [-0.3, -0.25) is 19.0 Å². The van der Waals surface area contributed by atoms with Crippen molar-refractivity contribution in [2.24, 2.45) is 0 Å². The van der Waals surface area contributed by atoms with Crippen LogP contribution in [0.15, 0.2) is 0 Å². The summed E-state index contributed by atoms with van der Waals surface area (Å²) in [4.78, 5) is 24.2. The summed E-state index contributed by atoms with van der Waals surface area (Å²) in [6.45, 7) is -0.621. The Kier molecular flexibility index (Phi) is 23.2. The van der Waals surface area contributed by atoms with E-state index in [4.69, 9.17) is 9.47 Å². The molecule has 0 spiro atoms. The van der Waals surface area contributed by atoms with Crippen molar-refractivity contribution in [3.63, 3.8) is 0 Å². The molecule has 0 saturated heterocycles. The summed E-state index contributed by atoms with van der Waals surface area (Å²) in [5.41, 5.74) is 0. The quantitative estimate of drug-likeness (QED) is 0.0273. The number of hydrogen-bond donors (Lipinski definition) is 0. The topological polar surface area (TPSA) is 94.1 Å². The summed E-state index contributed by atoms with van der Waals surface area (Å²) >= 11 is 0.204. The second kappa shape index (κ2) is 22.6. The van der Waals surface area contributed by atoms with Crippen molar-refractivity contribution >= 4 is 24.0 Å². The summed E-state index contributed by atoms with van der Waals surface area (Å²) in [6.07, 6.45) is -4.14. The molecule has 250 valence electrons. The number of ether oxygens (including phenoxy) is 2. The molecule has 0 aromatic rings. The standard InChI is InChI=1S/C24H36F10O7S.Li/c25-14-10-6-3-1-2-4-7-12-16-39-20(36)18(42-41-40-37)17-19(35)38-15-11-8-5-9-13-21(26,27)22(28,29)23(30,31)24(32,33)34;/h18,37H,1-17H2;/q;+1/p-1. The van der Waals surface area contributed by atoms with E-state index in [1.54, 1.807) is 0 Å². The number of rotatable bonds is 25. The summed E-state index contributed by atoms with van der Waals surface area (Å²) in [6, 6.07) is 0. The first kappa shape index (κ1) is 44.2. The Morgan fingerprint density at radius 1 is 0.674 bits per heavy atom. The molecule has 0 rings (SSSR count). The summed E-state index contributed by atoms with van der Waals surface area (Å²) < 4.78 is 142. The minimum absolute atomic E-state index is 0. The molecule has 19 heteroatoms. The molecule has 0 aliphatic rings. The van der Waals surface area contributed by atoms with Crippen LogP contribution in [0.5, 0.6) is 0 Å². The van der Waals surface area contributed by atoms with Crippen LogP contribution in [0.1, 0.15) is 89.9 Å². The molecule has 0 fully saturated rings. The van der Waals surface area contributed by atoms with Crippen LogP contribution in [-0.4, -0.2) is 61.0 Å². The van der Waals surface area contributed by atoms with Crippen LogP contribution in [0, 0.1) is 0 Å². The van der Waals surface area contributed by atoms with Crippen molar-refractivity contribution in [2.75, 3.05) is 19.9 Å².